The molecule has 0 fully saturated rings. The van der Waals surface area contributed by atoms with Crippen LogP contribution in [-0.2, 0) is 20.9 Å². The second-order valence-electron chi connectivity index (χ2n) is 9.49. The van der Waals surface area contributed by atoms with Crippen LogP contribution in [0.5, 0.6) is 11.8 Å². The van der Waals surface area contributed by atoms with Crippen molar-refractivity contribution >= 4 is 23.7 Å². The summed E-state index contributed by atoms with van der Waals surface area (Å²) in [5.74, 6) is -2.94. The summed E-state index contributed by atoms with van der Waals surface area (Å²) in [6, 6.07) is 13.4. The van der Waals surface area contributed by atoms with E-state index in [1.54, 1.807) is 18.2 Å². The van der Waals surface area contributed by atoms with E-state index in [9.17, 15) is 34.7 Å². The Balaban J connectivity index is 1.22. The van der Waals surface area contributed by atoms with E-state index in [0.717, 1.165) is 0 Å². The molecule has 13 nitrogen and oxygen atoms in total. The fraction of sp³-hybridized carbons (Fsp3) is 0.250. The van der Waals surface area contributed by atoms with Gasteiger partial charge in [-0.1, -0.05) is 30.4 Å². The van der Waals surface area contributed by atoms with E-state index in [1.807, 2.05) is 12.2 Å². The van der Waals surface area contributed by atoms with Crippen LogP contribution >= 0.6 is 0 Å². The number of rotatable bonds is 10. The monoisotopic (exact) mass is 563 g/mol. The van der Waals surface area contributed by atoms with E-state index in [4.69, 9.17) is 14.3 Å². The molecule has 3 aromatic rings. The molecule has 0 spiro atoms. The molecule has 13 heteroatoms. The van der Waals surface area contributed by atoms with E-state index < -0.39 is 40.8 Å². The smallest absolute Gasteiger partial charge is 0.407 e. The second-order valence-corrected chi connectivity index (χ2v) is 9.49. The first-order chi connectivity index (χ1) is 19.7. The van der Waals surface area contributed by atoms with Gasteiger partial charge in [0.25, 0.3) is 5.69 Å². The van der Waals surface area contributed by atoms with Crippen LogP contribution in [0.4, 0.5) is 10.5 Å². The minimum absolute atomic E-state index is 0.101. The standard InChI is InChI=1S/C28H25N3O10/c32-24-22-18-8-9-19(14-18)23(22)25(33)30(24)41-27(35)21(40-26(34)17-4-2-1-3-5-17)12-13-29-28(36)39-15-16-6-10-20(11-7-16)31(37)38/h1-11,18-19,21,32-33H,12-15H2,(H,29,36)/t18-,19?,21+/m0/s1. The minimum Gasteiger partial charge on any atom is -0.492 e. The summed E-state index contributed by atoms with van der Waals surface area (Å²) in [7, 11) is 0. The third-order valence-electron chi connectivity index (χ3n) is 6.88. The quantitative estimate of drug-likeness (QED) is 0.143. The number of nitro groups is 1. The largest absolute Gasteiger partial charge is 0.492 e. The number of carbonyl (C=O) groups excluding carboxylic acids is 3. The van der Waals surface area contributed by atoms with Crippen LogP contribution in [0, 0.1) is 10.1 Å². The molecule has 1 amide bonds. The predicted molar refractivity (Wildman–Crippen MR) is 140 cm³/mol. The van der Waals surface area contributed by atoms with Gasteiger partial charge in [-0.25, -0.2) is 14.4 Å². The summed E-state index contributed by atoms with van der Waals surface area (Å²) in [5.41, 5.74) is 1.56. The highest BCUT2D eigenvalue weighted by molar-refractivity contribution is 5.91. The second kappa shape index (κ2) is 11.4. The molecule has 2 aliphatic rings. The average Bonchev–Trinajstić information content (AvgIpc) is 3.66. The number of nitrogens with one attached hydrogen (secondary N) is 1. The van der Waals surface area contributed by atoms with Gasteiger partial charge in [-0.05, 0) is 36.2 Å². The van der Waals surface area contributed by atoms with Crippen molar-refractivity contribution in [3.05, 3.63) is 99.1 Å². The number of aromatic hydroxyl groups is 2. The van der Waals surface area contributed by atoms with Crippen molar-refractivity contribution in [2.45, 2.75) is 37.4 Å². The molecule has 0 saturated heterocycles. The molecule has 2 aliphatic carbocycles. The molecule has 41 heavy (non-hydrogen) atoms. The maximum atomic E-state index is 13.1. The van der Waals surface area contributed by atoms with Crippen molar-refractivity contribution in [1.82, 2.24) is 10.0 Å². The van der Waals surface area contributed by atoms with Crippen LogP contribution in [0.3, 0.4) is 0 Å². The first-order valence-electron chi connectivity index (χ1n) is 12.7. The van der Waals surface area contributed by atoms with Crippen LogP contribution in [0.15, 0.2) is 66.7 Å². The van der Waals surface area contributed by atoms with Gasteiger partial charge in [0.05, 0.1) is 10.5 Å². The molecule has 3 atom stereocenters. The summed E-state index contributed by atoms with van der Waals surface area (Å²) in [4.78, 5) is 53.4. The highest BCUT2D eigenvalue weighted by atomic mass is 16.7. The number of amides is 1. The number of benzene rings is 2. The highest BCUT2D eigenvalue weighted by Gasteiger charge is 2.42. The van der Waals surface area contributed by atoms with Crippen molar-refractivity contribution in [2.24, 2.45) is 0 Å². The number of carbonyl (C=O) groups is 3. The van der Waals surface area contributed by atoms with Crippen molar-refractivity contribution in [1.29, 1.82) is 0 Å². The van der Waals surface area contributed by atoms with E-state index in [2.05, 4.69) is 5.32 Å². The van der Waals surface area contributed by atoms with Crippen LogP contribution in [-0.4, -0.2) is 50.5 Å². The first-order valence-corrected chi connectivity index (χ1v) is 12.7. The van der Waals surface area contributed by atoms with Gasteiger partial charge in [-0.15, -0.1) is 4.73 Å². The van der Waals surface area contributed by atoms with Crippen LogP contribution in [0.25, 0.3) is 0 Å². The van der Waals surface area contributed by atoms with Gasteiger partial charge in [0, 0.05) is 48.1 Å². The number of hydrogen-bond donors (Lipinski definition) is 3. The molecule has 2 aromatic carbocycles. The van der Waals surface area contributed by atoms with Gasteiger partial charge in [-0.3, -0.25) is 10.1 Å². The van der Waals surface area contributed by atoms with Crippen LogP contribution < -0.4 is 10.2 Å². The Morgan fingerprint density at radius 3 is 2.24 bits per heavy atom. The Morgan fingerprint density at radius 2 is 1.63 bits per heavy atom. The molecule has 5 rings (SSSR count). The Hall–Kier alpha value is -5.33. The Morgan fingerprint density at radius 1 is 1.00 bits per heavy atom. The van der Waals surface area contributed by atoms with E-state index in [1.165, 1.54) is 36.4 Å². The molecule has 1 heterocycles. The molecule has 1 aromatic heterocycles. The fourth-order valence-corrected chi connectivity index (χ4v) is 4.87. The van der Waals surface area contributed by atoms with Gasteiger partial charge in [0.2, 0.25) is 17.9 Å². The van der Waals surface area contributed by atoms with Gasteiger partial charge >= 0.3 is 18.0 Å². The molecule has 1 unspecified atom stereocenters. The number of non-ortho nitro benzene ring substituents is 1. The lowest BCUT2D eigenvalue weighted by molar-refractivity contribution is -0.384. The number of aromatic nitrogens is 1. The van der Waals surface area contributed by atoms with Gasteiger partial charge in [-0.2, -0.15) is 0 Å². The third kappa shape index (κ3) is 5.69. The Kier molecular flexibility index (Phi) is 7.59. The normalized spacial score (nSPS) is 17.0. The average molecular weight is 564 g/mol. The maximum Gasteiger partial charge on any atom is 0.407 e. The number of fused-ring (bicyclic) bond motifs is 5. The number of ether oxygens (including phenoxy) is 2. The van der Waals surface area contributed by atoms with Crippen molar-refractivity contribution in [3.63, 3.8) is 0 Å². The lowest BCUT2D eigenvalue weighted by atomic mass is 10.0. The van der Waals surface area contributed by atoms with Gasteiger partial charge < -0.3 is 29.8 Å². The van der Waals surface area contributed by atoms with Crippen molar-refractivity contribution < 1.29 is 43.8 Å². The molecule has 2 bridgehead atoms. The molecule has 0 aliphatic heterocycles. The summed E-state index contributed by atoms with van der Waals surface area (Å²) in [5, 5.41) is 34.5. The maximum absolute atomic E-state index is 13.1. The van der Waals surface area contributed by atoms with E-state index in [0.29, 0.717) is 27.8 Å². The zero-order valence-corrected chi connectivity index (χ0v) is 21.5. The fourth-order valence-electron chi connectivity index (χ4n) is 4.87. The minimum atomic E-state index is -1.52. The summed E-state index contributed by atoms with van der Waals surface area (Å²) >= 11 is 0. The molecular formula is C28H25N3O10. The summed E-state index contributed by atoms with van der Waals surface area (Å²) < 4.78 is 11.1. The first kappa shape index (κ1) is 27.2. The number of nitrogens with zero attached hydrogens (tertiary/aromatic N) is 2. The number of nitro benzene ring substituents is 1. The lowest BCUT2D eigenvalue weighted by Gasteiger charge is -2.18. The predicted octanol–water partition coefficient (Wildman–Crippen LogP) is 3.45. The van der Waals surface area contributed by atoms with E-state index >= 15 is 0 Å². The number of alkyl carbamates (subject to hydrolysis) is 1. The number of esters is 1. The molecule has 212 valence electrons. The zero-order valence-electron chi connectivity index (χ0n) is 21.5. The van der Waals surface area contributed by atoms with Gasteiger partial charge in [0.1, 0.15) is 6.61 Å². The zero-order chi connectivity index (χ0) is 29.1. The van der Waals surface area contributed by atoms with Crippen molar-refractivity contribution in [3.8, 4) is 11.8 Å². The lowest BCUT2D eigenvalue weighted by Crippen LogP contribution is -2.38. The molecule has 0 saturated carbocycles. The van der Waals surface area contributed by atoms with Crippen LogP contribution in [0.2, 0.25) is 0 Å². The Labute approximate surface area is 232 Å². The SMILES string of the molecule is O=C(NCC[C@@H](OC(=O)c1ccccc1)C(=O)On1c(O)c2c(c1O)[C@H]1C=CC2C1)OCc1ccc([N+](=O)[O-])cc1. The number of allylic oxidation sites excluding steroid dienone is 2. The highest BCUT2D eigenvalue weighted by Crippen LogP contribution is 2.56. The number of hydrogen-bond acceptors (Lipinski definition) is 10. The van der Waals surface area contributed by atoms with Gasteiger partial charge in [0.15, 0.2) is 0 Å². The van der Waals surface area contributed by atoms with E-state index in [-0.39, 0.29) is 42.7 Å². The summed E-state index contributed by atoms with van der Waals surface area (Å²) in [6.45, 7) is -0.332. The topological polar surface area (TPSA) is 179 Å². The van der Waals surface area contributed by atoms with Crippen molar-refractivity contribution in [2.75, 3.05) is 6.54 Å². The molecular weight excluding hydrogens is 538 g/mol. The summed E-state index contributed by atoms with van der Waals surface area (Å²) in [6.07, 6.45) is 1.95. The molecule has 0 radical (unpaired) electrons. The third-order valence-corrected chi connectivity index (χ3v) is 6.88. The molecule has 3 N–H and O–H groups in total. The Bertz CT molecular complexity index is 1480. The van der Waals surface area contributed by atoms with Crippen LogP contribution in [0.1, 0.15) is 51.7 Å².